The fourth-order valence-electron chi connectivity index (χ4n) is 6.54. The largest absolute Gasteiger partial charge is 0.480 e. The number of carbonyl (C=O) groups is 4. The van der Waals surface area contributed by atoms with Crippen LogP contribution in [0, 0.1) is 0 Å². The molecule has 0 aromatic heterocycles. The third-order valence-corrected chi connectivity index (χ3v) is 10.2. The number of ether oxygens (including phenoxy) is 1. The molecule has 0 aromatic carbocycles. The van der Waals surface area contributed by atoms with Crippen molar-refractivity contribution < 1.29 is 34.1 Å². The predicted molar refractivity (Wildman–Crippen MR) is 250 cm³/mol. The first kappa shape index (κ1) is 56.3. The first-order valence-electron chi connectivity index (χ1n) is 23.8. The van der Waals surface area contributed by atoms with Crippen LogP contribution >= 0.6 is 0 Å². The molecule has 0 spiro atoms. The third-order valence-electron chi connectivity index (χ3n) is 10.2. The van der Waals surface area contributed by atoms with E-state index in [0.717, 1.165) is 51.4 Å². The van der Waals surface area contributed by atoms with Gasteiger partial charge < -0.3 is 25.6 Å². The molecule has 0 saturated heterocycles. The number of allylic oxidation sites excluding steroid dienone is 11. The number of carboxylic acid groups (broad SMARTS) is 1. The fourth-order valence-corrected chi connectivity index (χ4v) is 6.54. The number of carboxylic acids is 1. The Hall–Kier alpha value is -3.72. The van der Waals surface area contributed by atoms with Crippen molar-refractivity contribution >= 4 is 23.8 Å². The number of nitrogens with one attached hydrogen (secondary N) is 2. The first-order valence-corrected chi connectivity index (χ1v) is 23.8. The average molecular weight is 839 g/mol. The lowest BCUT2D eigenvalue weighted by atomic mass is 10.1. The molecule has 2 amide bonds. The zero-order valence-electron chi connectivity index (χ0n) is 37.9. The van der Waals surface area contributed by atoms with Crippen molar-refractivity contribution in [2.24, 2.45) is 0 Å². The van der Waals surface area contributed by atoms with E-state index in [-0.39, 0.29) is 30.9 Å². The number of aliphatic carboxylic acids is 1. The molecule has 0 aliphatic heterocycles. The minimum Gasteiger partial charge on any atom is -0.480 e. The normalized spacial score (nSPS) is 13.1. The highest BCUT2D eigenvalue weighted by molar-refractivity contribution is 5.87. The quantitative estimate of drug-likeness (QED) is 0.0272. The summed E-state index contributed by atoms with van der Waals surface area (Å²) in [6.07, 6.45) is 56.6. The Balaban J connectivity index is 4.42. The number of rotatable bonds is 42. The molecule has 0 saturated carbocycles. The summed E-state index contributed by atoms with van der Waals surface area (Å²) in [5.74, 6) is -2.58. The second-order valence-electron chi connectivity index (χ2n) is 15.8. The monoisotopic (exact) mass is 839 g/mol. The summed E-state index contributed by atoms with van der Waals surface area (Å²) in [4.78, 5) is 47.9. The second-order valence-corrected chi connectivity index (χ2v) is 15.8. The molecule has 4 N–H and O–H groups in total. The molecule has 0 aliphatic rings. The van der Waals surface area contributed by atoms with E-state index in [0.29, 0.717) is 25.7 Å². The summed E-state index contributed by atoms with van der Waals surface area (Å²) in [7, 11) is 0. The molecule has 60 heavy (non-hydrogen) atoms. The minimum atomic E-state index is -1.42. The lowest BCUT2D eigenvalue weighted by Crippen LogP contribution is -2.47. The molecule has 0 rings (SSSR count). The Labute approximate surface area is 365 Å². The summed E-state index contributed by atoms with van der Waals surface area (Å²) in [6, 6.07) is -1.42. The van der Waals surface area contributed by atoms with Crippen molar-refractivity contribution in [2.75, 3.05) is 13.2 Å². The number of aliphatic hydroxyl groups excluding tert-OH is 1. The van der Waals surface area contributed by atoms with Gasteiger partial charge in [0.15, 0.2) is 0 Å². The number of hydrogen-bond acceptors (Lipinski definition) is 6. The number of esters is 1. The van der Waals surface area contributed by atoms with Gasteiger partial charge in [-0.2, -0.15) is 0 Å². The number of hydrogen-bond donors (Lipinski definition) is 4. The van der Waals surface area contributed by atoms with Crippen LogP contribution in [-0.2, 0) is 23.9 Å². The van der Waals surface area contributed by atoms with Crippen LogP contribution < -0.4 is 10.6 Å². The van der Waals surface area contributed by atoms with E-state index in [2.05, 4.69) is 85.2 Å². The maximum atomic E-state index is 12.8. The molecule has 0 radical (unpaired) electrons. The maximum Gasteiger partial charge on any atom is 0.328 e. The van der Waals surface area contributed by atoms with Crippen LogP contribution in [0.5, 0.6) is 0 Å². The fraction of sp³-hybridized carbons (Fsp3) is 0.686. The zero-order chi connectivity index (χ0) is 44.0. The molecule has 9 heteroatoms. The van der Waals surface area contributed by atoms with Gasteiger partial charge in [-0.1, -0.05) is 171 Å². The Bertz CT molecular complexity index is 1240. The Kier molecular flexibility index (Phi) is 42.0. The molecule has 0 fully saturated rings. The molecule has 342 valence electrons. The average Bonchev–Trinajstić information content (AvgIpc) is 3.23. The molecule has 2 atom stereocenters. The highest BCUT2D eigenvalue weighted by Gasteiger charge is 2.19. The van der Waals surface area contributed by atoms with Crippen LogP contribution in [-0.4, -0.2) is 59.3 Å². The first-order chi connectivity index (χ1) is 29.3. The van der Waals surface area contributed by atoms with Crippen LogP contribution in [0.3, 0.4) is 0 Å². The van der Waals surface area contributed by atoms with E-state index in [1.807, 2.05) is 12.2 Å². The maximum absolute atomic E-state index is 12.8. The molecular formula is C51H86N2O7. The van der Waals surface area contributed by atoms with Gasteiger partial charge >= 0.3 is 11.9 Å². The van der Waals surface area contributed by atoms with Gasteiger partial charge in [0, 0.05) is 12.8 Å². The molecule has 0 aromatic rings. The lowest BCUT2D eigenvalue weighted by Gasteiger charge is -2.15. The van der Waals surface area contributed by atoms with Crippen molar-refractivity contribution in [1.82, 2.24) is 10.6 Å². The zero-order valence-corrected chi connectivity index (χ0v) is 37.9. The number of unbranched alkanes of at least 4 members (excludes halogenated alkanes) is 18. The van der Waals surface area contributed by atoms with Crippen LogP contribution in [0.1, 0.15) is 200 Å². The van der Waals surface area contributed by atoms with E-state index < -0.39 is 24.5 Å². The number of aliphatic hydroxyl groups is 1. The van der Waals surface area contributed by atoms with E-state index in [1.165, 1.54) is 103 Å². The van der Waals surface area contributed by atoms with Gasteiger partial charge in [0.1, 0.15) is 12.1 Å². The third kappa shape index (κ3) is 41.0. The van der Waals surface area contributed by atoms with Gasteiger partial charge in [-0.3, -0.25) is 14.4 Å². The van der Waals surface area contributed by atoms with Crippen LogP contribution in [0.4, 0.5) is 0 Å². The highest BCUT2D eigenvalue weighted by Crippen LogP contribution is 2.15. The van der Waals surface area contributed by atoms with Crippen molar-refractivity contribution in [2.45, 2.75) is 212 Å². The summed E-state index contributed by atoms with van der Waals surface area (Å²) >= 11 is 0. The summed E-state index contributed by atoms with van der Waals surface area (Å²) in [5, 5.41) is 22.6. The van der Waals surface area contributed by atoms with E-state index in [1.54, 1.807) is 0 Å². The molecule has 0 aliphatic carbocycles. The Morgan fingerprint density at radius 2 is 1.00 bits per heavy atom. The van der Waals surface area contributed by atoms with Gasteiger partial charge in [-0.15, -0.1) is 0 Å². The summed E-state index contributed by atoms with van der Waals surface area (Å²) < 4.78 is 5.86. The van der Waals surface area contributed by atoms with Crippen LogP contribution in [0.2, 0.25) is 0 Å². The van der Waals surface area contributed by atoms with Gasteiger partial charge in [0.2, 0.25) is 11.8 Å². The standard InChI is InChI=1S/C51H86N2O7/c1-3-5-7-9-11-13-15-17-19-20-21-22-23-24-25-27-29-31-33-35-37-43-50(57)60-46(40-36-34-32-30-28-26-18-16-14-12-10-8-6-4-2)41-38-39-42-48(55)52-44-49(56)53-47(45-54)51(58)59/h6,8,12,14,18,20-21,26,30,32,36,40,46-47,54H,3-5,7,9-11,13,15-17,19,22-25,27-29,31,33-35,37-39,41-45H2,1-2H3,(H,52,55)(H,53,56)(H,58,59)/b8-6-,14-12-,21-20-,26-18-,32-30-,40-36-. The molecule has 0 bridgehead atoms. The minimum absolute atomic E-state index is 0.179. The molecule has 9 nitrogen and oxygen atoms in total. The Morgan fingerprint density at radius 3 is 1.50 bits per heavy atom. The second kappa shape index (κ2) is 44.8. The van der Waals surface area contributed by atoms with Crippen molar-refractivity contribution in [3.8, 4) is 0 Å². The van der Waals surface area contributed by atoms with Crippen molar-refractivity contribution in [3.63, 3.8) is 0 Å². The van der Waals surface area contributed by atoms with Gasteiger partial charge in [0.05, 0.1) is 13.2 Å². The van der Waals surface area contributed by atoms with Crippen molar-refractivity contribution in [1.29, 1.82) is 0 Å². The highest BCUT2D eigenvalue weighted by atomic mass is 16.5. The van der Waals surface area contributed by atoms with E-state index in [4.69, 9.17) is 14.9 Å². The van der Waals surface area contributed by atoms with Gasteiger partial charge in [0.25, 0.3) is 0 Å². The molecule has 2 unspecified atom stereocenters. The number of carbonyl (C=O) groups excluding carboxylic acids is 3. The van der Waals surface area contributed by atoms with Crippen molar-refractivity contribution in [3.05, 3.63) is 72.9 Å². The van der Waals surface area contributed by atoms with E-state index >= 15 is 0 Å². The topological polar surface area (TPSA) is 142 Å². The summed E-state index contributed by atoms with van der Waals surface area (Å²) in [6.45, 7) is 3.29. The number of amides is 2. The van der Waals surface area contributed by atoms with Crippen LogP contribution in [0.25, 0.3) is 0 Å². The molecular weight excluding hydrogens is 753 g/mol. The van der Waals surface area contributed by atoms with Gasteiger partial charge in [-0.05, 0) is 89.5 Å². The molecule has 0 heterocycles. The van der Waals surface area contributed by atoms with Gasteiger partial charge in [-0.25, -0.2) is 4.79 Å². The smallest absolute Gasteiger partial charge is 0.328 e. The van der Waals surface area contributed by atoms with E-state index in [9.17, 15) is 19.2 Å². The van der Waals surface area contributed by atoms with Crippen LogP contribution in [0.15, 0.2) is 72.9 Å². The SMILES string of the molecule is CC/C=C\C/C=C\C/C=C\C/C=C\C/C=C\C(CCCCC(=O)NCC(=O)NC(CO)C(=O)O)OC(=O)CCCCCCCCCCC/C=C\CCCCCCCCCC. The summed E-state index contributed by atoms with van der Waals surface area (Å²) in [5.41, 5.74) is 0. The predicted octanol–water partition coefficient (Wildman–Crippen LogP) is 12.3. The Morgan fingerprint density at radius 1 is 0.533 bits per heavy atom. The lowest BCUT2D eigenvalue weighted by molar-refractivity contribution is -0.147.